The Balaban J connectivity index is 3.51. The van der Waals surface area contributed by atoms with E-state index in [2.05, 4.69) is 0 Å². The van der Waals surface area contributed by atoms with Crippen LogP contribution in [0.1, 0.15) is 0 Å². The third kappa shape index (κ3) is 9.40. The average Bonchev–Trinajstić information content (AvgIpc) is 0.811. The summed E-state index contributed by atoms with van der Waals surface area (Å²) < 4.78 is 11.1. The summed E-state index contributed by atoms with van der Waals surface area (Å²) in [4.78, 5) is 0. The van der Waals surface area contributed by atoms with E-state index in [9.17, 15) is 3.89 Å². The minimum absolute atomic E-state index is 0.694. The Labute approximate surface area is 45.3 Å². The van der Waals surface area contributed by atoms with Crippen LogP contribution in [0.25, 0.3) is 0 Å². The topological polar surface area (TPSA) is 0 Å². The van der Waals surface area contributed by atoms with E-state index >= 15 is 0 Å². The van der Waals surface area contributed by atoms with Crippen molar-refractivity contribution in [1.82, 2.24) is 0 Å². The molecule has 0 rings (SSSR count). The molecule has 0 aromatic rings. The summed E-state index contributed by atoms with van der Waals surface area (Å²) in [6.07, 6.45) is 0. The van der Waals surface area contributed by atoms with Crippen LogP contribution < -0.4 is 0 Å². The summed E-state index contributed by atoms with van der Waals surface area (Å²) in [7, 11) is 0. The molecule has 0 aliphatic rings. The molecule has 0 aliphatic carbocycles. The third-order valence-electron chi connectivity index (χ3n) is 0. The Morgan fingerprint density at radius 2 is 1.50 bits per heavy atom. The van der Waals surface area contributed by atoms with E-state index in [1.54, 1.807) is 0 Å². The number of halogens is 1. The van der Waals surface area contributed by atoms with Gasteiger partial charge >= 0.3 is 45.5 Å². The van der Waals surface area contributed by atoms with E-state index in [4.69, 9.17) is 0 Å². The van der Waals surface area contributed by atoms with Crippen molar-refractivity contribution in [3.63, 3.8) is 0 Å². The first kappa shape index (κ1) is 5.66. The summed E-state index contributed by atoms with van der Waals surface area (Å²) in [5, 5.41) is 0. The van der Waals surface area contributed by atoms with E-state index in [-0.39, 0.29) is 0 Å². The van der Waals surface area contributed by atoms with Crippen molar-refractivity contribution >= 4 is 5.67 Å². The summed E-state index contributed by atoms with van der Waals surface area (Å²) in [6.45, 7) is 0. The molecule has 0 aromatic heterocycles. The second-order valence-corrected chi connectivity index (χ2v) is 16.8. The fraction of sp³-hybridized carbons (Fsp3) is 0. The molecule has 0 aromatic carbocycles. The van der Waals surface area contributed by atoms with Crippen molar-refractivity contribution in [2.75, 3.05) is 0 Å². The molecule has 26 valence electrons. The van der Waals surface area contributed by atoms with Gasteiger partial charge in [0.25, 0.3) is 0 Å². The maximum atomic E-state index is 11.1. The van der Waals surface area contributed by atoms with Crippen LogP contribution in [0.3, 0.4) is 0 Å². The Kier molecular flexibility index (Phi) is 4.06. The quantitative estimate of drug-likeness (QED) is 0.500. The first-order chi connectivity index (χ1) is 1.73. The average molecular weight is 419 g/mol. The van der Waals surface area contributed by atoms with Gasteiger partial charge in [0, 0.05) is 0 Å². The molecule has 0 saturated carbocycles. The first-order valence-corrected chi connectivity index (χ1v) is 8.65. The van der Waals surface area contributed by atoms with Gasteiger partial charge in [-0.2, -0.15) is 0 Å². The van der Waals surface area contributed by atoms with Crippen molar-refractivity contribution in [2.45, 2.75) is 0 Å². The Morgan fingerprint density at radius 1 is 1.50 bits per heavy atom. The van der Waals surface area contributed by atoms with Crippen molar-refractivity contribution in [3.8, 4) is 0 Å². The van der Waals surface area contributed by atoms with Gasteiger partial charge in [0.15, 0.2) is 0 Å². The molecule has 0 aliphatic heterocycles. The fourth-order valence-electron chi connectivity index (χ4n) is 0. The Bertz CT molecular complexity index is 54.4. The summed E-state index contributed by atoms with van der Waals surface area (Å²) in [5.74, 6) is 0. The Morgan fingerprint density at radius 3 is 1.50 bits per heavy atom. The fourth-order valence-corrected chi connectivity index (χ4v) is 0. The molecule has 0 unspecified atom stereocenters. The van der Waals surface area contributed by atoms with Crippen LogP contribution >= 0.6 is 0 Å². The van der Waals surface area contributed by atoms with Gasteiger partial charge in [-0.05, 0) is 0 Å². The van der Waals surface area contributed by atoms with Crippen molar-refractivity contribution in [1.29, 1.82) is 0 Å². The van der Waals surface area contributed by atoms with E-state index in [1.807, 2.05) is 0 Å². The molecular weight excluding hydrogens is 419 g/mol. The molecule has 0 spiro atoms. The van der Waals surface area contributed by atoms with E-state index in [1.165, 1.54) is 0 Å². The molecule has 0 nitrogen and oxygen atoms in total. The zero-order valence-corrected chi connectivity index (χ0v) is 8.29. The van der Waals surface area contributed by atoms with Crippen molar-refractivity contribution < 1.29 is 39.9 Å². The van der Waals surface area contributed by atoms with Gasteiger partial charge in [-0.25, -0.2) is 0 Å². The molecule has 0 bridgehead atoms. The molecule has 0 saturated heterocycles. The molecule has 4 heteroatoms. The molecule has 0 N–H and O–H groups in total. The first-order valence-electron chi connectivity index (χ1n) is 0.488. The van der Waals surface area contributed by atoms with Gasteiger partial charge < -0.3 is 0 Å². The standard InChI is InChI=1S/FS.2W/c1-2;;/q-1;;. The zero-order valence-electron chi connectivity index (χ0n) is 1.60. The third-order valence-corrected chi connectivity index (χ3v) is 0. The Hall–Kier alpha value is 1.66. The van der Waals surface area contributed by atoms with Gasteiger partial charge in [0.05, 0.1) is 0 Å². The van der Waals surface area contributed by atoms with Crippen LogP contribution in [0, 0.1) is 0 Å². The summed E-state index contributed by atoms with van der Waals surface area (Å²) in [6, 6.07) is 0. The summed E-state index contributed by atoms with van der Waals surface area (Å²) >= 11 is 2.15. The monoisotopic (exact) mass is 419 g/mol. The second kappa shape index (κ2) is 2.87. The summed E-state index contributed by atoms with van der Waals surface area (Å²) in [5.41, 5.74) is -0.694. The SMILES string of the molecule is F[S-](=[W])=[W]. The predicted molar refractivity (Wildman–Crippen MR) is 8.47 cm³/mol. The number of rotatable bonds is 0. The van der Waals surface area contributed by atoms with Gasteiger partial charge in [0.1, 0.15) is 0 Å². The van der Waals surface area contributed by atoms with Crippen molar-refractivity contribution in [3.05, 3.63) is 0 Å². The van der Waals surface area contributed by atoms with Crippen LogP contribution in [0.4, 0.5) is 3.89 Å². The molecular formula is FSW2-. The zero-order chi connectivity index (χ0) is 3.58. The van der Waals surface area contributed by atoms with Crippen LogP contribution in [-0.4, -0.2) is 0 Å². The molecule has 0 radical (unpaired) electrons. The van der Waals surface area contributed by atoms with Crippen LogP contribution in [0.2, 0.25) is 0 Å². The van der Waals surface area contributed by atoms with E-state index < -0.39 is 5.67 Å². The normalized spacial score (nSPS) is 8.50. The van der Waals surface area contributed by atoms with E-state index in [0.717, 1.165) is 36.0 Å². The van der Waals surface area contributed by atoms with Gasteiger partial charge in [-0.15, -0.1) is 0 Å². The van der Waals surface area contributed by atoms with Gasteiger partial charge in [-0.3, -0.25) is 0 Å². The van der Waals surface area contributed by atoms with Gasteiger partial charge in [-0.1, -0.05) is 0 Å². The predicted octanol–water partition coefficient (Wildman–Crippen LogP) is 0.413. The molecule has 0 heterocycles. The molecule has 0 fully saturated rings. The number of hydrogen-bond acceptors (Lipinski definition) is 1. The van der Waals surface area contributed by atoms with E-state index in [0.29, 0.717) is 0 Å². The molecule has 4 heavy (non-hydrogen) atoms. The van der Waals surface area contributed by atoms with Crippen LogP contribution in [0.15, 0.2) is 0 Å². The maximum absolute atomic E-state index is 11.1. The molecule has 0 atom stereocenters. The van der Waals surface area contributed by atoms with Crippen LogP contribution in [-0.2, 0) is 41.7 Å². The van der Waals surface area contributed by atoms with Crippen LogP contribution in [0.5, 0.6) is 0 Å². The second-order valence-electron chi connectivity index (χ2n) is 0.194. The minimum atomic E-state index is -0.694. The number of hydrogen-bond donors (Lipinski definition) is 0. The van der Waals surface area contributed by atoms with Crippen molar-refractivity contribution in [2.24, 2.45) is 0 Å². The van der Waals surface area contributed by atoms with Gasteiger partial charge in [0.2, 0.25) is 0 Å². The molecule has 0 amide bonds.